The van der Waals surface area contributed by atoms with E-state index >= 15 is 0 Å². The van der Waals surface area contributed by atoms with E-state index in [-0.39, 0.29) is 5.56 Å². The van der Waals surface area contributed by atoms with Crippen molar-refractivity contribution in [3.8, 4) is 0 Å². The molecule has 2 aromatic rings. The van der Waals surface area contributed by atoms with Crippen LogP contribution >= 0.6 is 0 Å². The van der Waals surface area contributed by atoms with Crippen LogP contribution in [0.15, 0.2) is 48.5 Å². The molecule has 0 aromatic heterocycles. The summed E-state index contributed by atoms with van der Waals surface area (Å²) < 4.78 is 26.9. The van der Waals surface area contributed by atoms with E-state index in [1.165, 1.54) is 24.3 Å². The van der Waals surface area contributed by atoms with Gasteiger partial charge in [0.15, 0.2) is 0 Å². The molecule has 1 heterocycles. The Balaban J connectivity index is 2.08. The highest BCUT2D eigenvalue weighted by Crippen LogP contribution is 2.25. The van der Waals surface area contributed by atoms with Crippen LogP contribution in [0.25, 0.3) is 0 Å². The molecule has 7 nitrogen and oxygen atoms in total. The first-order valence-electron chi connectivity index (χ1n) is 7.34. The van der Waals surface area contributed by atoms with Crippen LogP contribution in [0, 0.1) is 11.6 Å². The van der Waals surface area contributed by atoms with E-state index in [4.69, 9.17) is 0 Å². The van der Waals surface area contributed by atoms with Crippen molar-refractivity contribution in [2.24, 2.45) is 0 Å². The van der Waals surface area contributed by atoms with Gasteiger partial charge < -0.3 is 5.32 Å². The van der Waals surface area contributed by atoms with E-state index in [9.17, 15) is 28.0 Å². The van der Waals surface area contributed by atoms with Crippen LogP contribution in [0.5, 0.6) is 0 Å². The summed E-state index contributed by atoms with van der Waals surface area (Å²) in [4.78, 5) is 48.8. The first-order valence-corrected chi connectivity index (χ1v) is 7.34. The minimum atomic E-state index is -2.30. The Kier molecular flexibility index (Phi) is 4.21. The summed E-state index contributed by atoms with van der Waals surface area (Å²) in [6, 6.07) is 8.59. The fourth-order valence-electron chi connectivity index (χ4n) is 2.58. The maximum absolute atomic E-state index is 13.9. The Hall–Kier alpha value is -3.62. The molecule has 3 N–H and O–H groups in total. The molecule has 0 bridgehead atoms. The number of carbonyl (C=O) groups excluding carboxylic acids is 4. The lowest BCUT2D eigenvalue weighted by atomic mass is 9.86. The molecule has 0 atom stereocenters. The monoisotopic (exact) mass is 359 g/mol. The van der Waals surface area contributed by atoms with Gasteiger partial charge in [0.05, 0.1) is 5.56 Å². The highest BCUT2D eigenvalue weighted by Gasteiger charge is 2.53. The fraction of sp³-hybridized carbons (Fsp3) is 0.0588. The smallest absolute Gasteiger partial charge is 0.326 e. The lowest BCUT2D eigenvalue weighted by Crippen LogP contribution is -2.71. The molecule has 1 saturated heterocycles. The number of imide groups is 2. The van der Waals surface area contributed by atoms with Crippen molar-refractivity contribution < 1.29 is 28.0 Å². The van der Waals surface area contributed by atoms with Crippen LogP contribution in [-0.2, 0) is 15.1 Å². The summed E-state index contributed by atoms with van der Waals surface area (Å²) in [5.41, 5.74) is -2.81. The number of benzene rings is 2. The molecule has 0 aliphatic carbocycles. The normalized spacial score (nSPS) is 15.8. The van der Waals surface area contributed by atoms with Crippen LogP contribution in [0.3, 0.4) is 0 Å². The van der Waals surface area contributed by atoms with Crippen LogP contribution in [0.2, 0.25) is 0 Å². The maximum Gasteiger partial charge on any atom is 0.328 e. The zero-order valence-corrected chi connectivity index (χ0v) is 13.0. The molecule has 3 rings (SSSR count). The van der Waals surface area contributed by atoms with E-state index < -0.39 is 46.5 Å². The molecule has 0 saturated carbocycles. The van der Waals surface area contributed by atoms with Crippen LogP contribution in [0.1, 0.15) is 15.9 Å². The van der Waals surface area contributed by atoms with Gasteiger partial charge in [-0.1, -0.05) is 30.3 Å². The van der Waals surface area contributed by atoms with Gasteiger partial charge in [-0.05, 0) is 17.7 Å². The minimum Gasteiger partial charge on any atom is -0.326 e. The second-order valence-electron chi connectivity index (χ2n) is 5.43. The zero-order chi connectivity index (χ0) is 18.9. The van der Waals surface area contributed by atoms with E-state index in [1.807, 2.05) is 10.6 Å². The average Bonchev–Trinajstić information content (AvgIpc) is 2.58. The molecule has 0 spiro atoms. The Labute approximate surface area is 145 Å². The zero-order valence-electron chi connectivity index (χ0n) is 13.0. The van der Waals surface area contributed by atoms with Crippen LogP contribution in [-0.4, -0.2) is 23.8 Å². The number of amides is 5. The molecule has 132 valence electrons. The number of hydrogen-bond donors (Lipinski definition) is 3. The Morgan fingerprint density at radius 3 is 2.12 bits per heavy atom. The first kappa shape index (κ1) is 17.2. The van der Waals surface area contributed by atoms with Gasteiger partial charge in [0.2, 0.25) is 5.54 Å². The second-order valence-corrected chi connectivity index (χ2v) is 5.43. The molecule has 5 amide bonds. The summed E-state index contributed by atoms with van der Waals surface area (Å²) in [6.07, 6.45) is 0. The largest absolute Gasteiger partial charge is 0.328 e. The highest BCUT2D eigenvalue weighted by molar-refractivity contribution is 6.24. The van der Waals surface area contributed by atoms with Gasteiger partial charge in [0.25, 0.3) is 17.7 Å². The Morgan fingerprint density at radius 2 is 1.54 bits per heavy atom. The van der Waals surface area contributed by atoms with Gasteiger partial charge in [0, 0.05) is 6.07 Å². The molecule has 0 radical (unpaired) electrons. The number of nitrogens with one attached hydrogen (secondary N) is 3. The number of hydrogen-bond acceptors (Lipinski definition) is 4. The van der Waals surface area contributed by atoms with E-state index in [1.54, 1.807) is 6.07 Å². The number of barbiturate groups is 1. The number of rotatable bonds is 3. The third-order valence-electron chi connectivity index (χ3n) is 3.82. The van der Waals surface area contributed by atoms with Gasteiger partial charge >= 0.3 is 6.03 Å². The predicted octanol–water partition coefficient (Wildman–Crippen LogP) is 0.956. The molecule has 26 heavy (non-hydrogen) atoms. The number of carbonyl (C=O) groups is 4. The summed E-state index contributed by atoms with van der Waals surface area (Å²) in [5.74, 6) is -5.40. The second kappa shape index (κ2) is 6.36. The summed E-state index contributed by atoms with van der Waals surface area (Å²) in [7, 11) is 0. The summed E-state index contributed by atoms with van der Waals surface area (Å²) >= 11 is 0. The van der Waals surface area contributed by atoms with Gasteiger partial charge in [-0.2, -0.15) is 0 Å². The average molecular weight is 359 g/mol. The number of urea groups is 1. The maximum atomic E-state index is 13.9. The van der Waals surface area contributed by atoms with E-state index in [0.29, 0.717) is 6.07 Å². The number of halogens is 2. The Morgan fingerprint density at radius 1 is 0.923 bits per heavy atom. The predicted molar refractivity (Wildman–Crippen MR) is 83.6 cm³/mol. The van der Waals surface area contributed by atoms with Gasteiger partial charge in [-0.15, -0.1) is 0 Å². The SMILES string of the molecule is O=C1NC(=O)C(NC(=O)c2ccc(F)cc2F)(c2ccccc2)C(=O)N1. The summed E-state index contributed by atoms with van der Waals surface area (Å²) in [5, 5.41) is 5.97. The Bertz CT molecular complexity index is 911. The third kappa shape index (κ3) is 2.79. The molecule has 1 aliphatic rings. The van der Waals surface area contributed by atoms with Gasteiger partial charge in [-0.25, -0.2) is 13.6 Å². The van der Waals surface area contributed by atoms with Crippen molar-refractivity contribution in [1.82, 2.24) is 16.0 Å². The van der Waals surface area contributed by atoms with E-state index in [0.717, 1.165) is 12.1 Å². The van der Waals surface area contributed by atoms with Crippen molar-refractivity contribution in [3.05, 3.63) is 71.3 Å². The lowest BCUT2D eigenvalue weighted by Gasteiger charge is -2.34. The highest BCUT2D eigenvalue weighted by atomic mass is 19.1. The molecule has 9 heteroatoms. The minimum absolute atomic E-state index is 0.0540. The van der Waals surface area contributed by atoms with Gasteiger partial charge in [-0.3, -0.25) is 25.0 Å². The lowest BCUT2D eigenvalue weighted by molar-refractivity contribution is -0.139. The molecule has 1 fully saturated rings. The summed E-state index contributed by atoms with van der Waals surface area (Å²) in [6.45, 7) is 0. The van der Waals surface area contributed by atoms with Crippen LogP contribution in [0.4, 0.5) is 13.6 Å². The van der Waals surface area contributed by atoms with E-state index in [2.05, 4.69) is 5.32 Å². The molecular formula is C17H11F2N3O4. The van der Waals surface area contributed by atoms with Crippen molar-refractivity contribution in [2.45, 2.75) is 5.54 Å². The van der Waals surface area contributed by atoms with Crippen molar-refractivity contribution >= 4 is 23.8 Å². The molecule has 1 aliphatic heterocycles. The molecule has 0 unspecified atom stereocenters. The quantitative estimate of drug-likeness (QED) is 0.710. The van der Waals surface area contributed by atoms with Crippen molar-refractivity contribution in [3.63, 3.8) is 0 Å². The molecule has 2 aromatic carbocycles. The molecular weight excluding hydrogens is 348 g/mol. The standard InChI is InChI=1S/C17H11F2N3O4/c18-10-6-7-11(12(19)8-10)13(23)22-17(9-4-2-1-3-5-9)14(24)20-16(26)21-15(17)25/h1-8H,(H,22,23)(H2,20,21,24,25,26). The van der Waals surface area contributed by atoms with Crippen LogP contribution < -0.4 is 16.0 Å². The first-order chi connectivity index (χ1) is 12.3. The topological polar surface area (TPSA) is 104 Å². The van der Waals surface area contributed by atoms with Crippen molar-refractivity contribution in [1.29, 1.82) is 0 Å². The fourth-order valence-corrected chi connectivity index (χ4v) is 2.58. The third-order valence-corrected chi connectivity index (χ3v) is 3.82. The van der Waals surface area contributed by atoms with Crippen molar-refractivity contribution in [2.75, 3.05) is 0 Å². The van der Waals surface area contributed by atoms with Gasteiger partial charge in [0.1, 0.15) is 11.6 Å².